The zero-order valence-corrected chi connectivity index (χ0v) is 12.0. The van der Waals surface area contributed by atoms with Gasteiger partial charge in [-0.05, 0) is 18.4 Å². The van der Waals surface area contributed by atoms with Crippen molar-refractivity contribution in [3.63, 3.8) is 0 Å². The highest BCUT2D eigenvalue weighted by molar-refractivity contribution is 5.82. The van der Waals surface area contributed by atoms with Gasteiger partial charge in [-0.2, -0.15) is 0 Å². The maximum absolute atomic E-state index is 12.1. The highest BCUT2D eigenvalue weighted by Gasteiger charge is 2.17. The molecule has 1 rings (SSSR count). The third-order valence-electron chi connectivity index (χ3n) is 3.47. The number of hydrogen-bond donors (Lipinski definition) is 1. The molecule has 0 aliphatic carbocycles. The SMILES string of the molecule is CCC(CC)N(CCO)CC(=O)Cc1ccccc1. The first-order chi connectivity index (χ1) is 9.21. The Bertz CT molecular complexity index is 360. The predicted octanol–water partition coefficient (Wildman–Crippen LogP) is 2.28. The van der Waals surface area contributed by atoms with Gasteiger partial charge in [0.1, 0.15) is 0 Å². The summed E-state index contributed by atoms with van der Waals surface area (Å²) < 4.78 is 0. The molecular formula is C16H25NO2. The molecule has 1 aromatic carbocycles. The minimum Gasteiger partial charge on any atom is -0.395 e. The van der Waals surface area contributed by atoms with Crippen LogP contribution >= 0.6 is 0 Å². The van der Waals surface area contributed by atoms with E-state index in [4.69, 9.17) is 5.11 Å². The van der Waals surface area contributed by atoms with Crippen molar-refractivity contribution in [3.05, 3.63) is 35.9 Å². The maximum Gasteiger partial charge on any atom is 0.151 e. The zero-order valence-electron chi connectivity index (χ0n) is 12.0. The van der Waals surface area contributed by atoms with Gasteiger partial charge in [-0.25, -0.2) is 0 Å². The zero-order chi connectivity index (χ0) is 14.1. The van der Waals surface area contributed by atoms with Crippen LogP contribution in [0.2, 0.25) is 0 Å². The van der Waals surface area contributed by atoms with Crippen molar-refractivity contribution in [1.29, 1.82) is 0 Å². The Hall–Kier alpha value is -1.19. The number of ketones is 1. The lowest BCUT2D eigenvalue weighted by Crippen LogP contribution is -2.40. The summed E-state index contributed by atoms with van der Waals surface area (Å²) in [5.74, 6) is 0.214. The fourth-order valence-electron chi connectivity index (χ4n) is 2.43. The van der Waals surface area contributed by atoms with Crippen LogP contribution in [0.1, 0.15) is 32.3 Å². The Labute approximate surface area is 116 Å². The lowest BCUT2D eigenvalue weighted by Gasteiger charge is -2.29. The quantitative estimate of drug-likeness (QED) is 0.743. The van der Waals surface area contributed by atoms with Gasteiger partial charge < -0.3 is 5.11 Å². The fraction of sp³-hybridized carbons (Fsp3) is 0.562. The maximum atomic E-state index is 12.1. The number of carbonyl (C=O) groups is 1. The van der Waals surface area contributed by atoms with E-state index in [1.165, 1.54) is 0 Å². The number of nitrogens with zero attached hydrogens (tertiary/aromatic N) is 1. The summed E-state index contributed by atoms with van der Waals surface area (Å²) in [7, 11) is 0. The molecule has 0 fully saturated rings. The number of rotatable bonds is 9. The van der Waals surface area contributed by atoms with Crippen LogP contribution < -0.4 is 0 Å². The molecular weight excluding hydrogens is 238 g/mol. The van der Waals surface area contributed by atoms with E-state index in [-0.39, 0.29) is 12.4 Å². The van der Waals surface area contributed by atoms with Crippen LogP contribution in [-0.2, 0) is 11.2 Å². The van der Waals surface area contributed by atoms with Gasteiger partial charge >= 0.3 is 0 Å². The van der Waals surface area contributed by atoms with Crippen molar-refractivity contribution in [1.82, 2.24) is 4.90 Å². The summed E-state index contributed by atoms with van der Waals surface area (Å²) in [6, 6.07) is 10.2. The van der Waals surface area contributed by atoms with Crippen molar-refractivity contribution in [2.45, 2.75) is 39.2 Å². The molecule has 106 valence electrons. The largest absolute Gasteiger partial charge is 0.395 e. The highest BCUT2D eigenvalue weighted by Crippen LogP contribution is 2.09. The molecule has 0 saturated carbocycles. The molecule has 0 aromatic heterocycles. The summed E-state index contributed by atoms with van der Waals surface area (Å²) in [4.78, 5) is 14.2. The van der Waals surface area contributed by atoms with Crippen LogP contribution in [0.3, 0.4) is 0 Å². The minimum absolute atomic E-state index is 0.106. The molecule has 0 aliphatic rings. The van der Waals surface area contributed by atoms with Gasteiger partial charge in [0, 0.05) is 19.0 Å². The molecule has 0 spiro atoms. The summed E-state index contributed by atoms with van der Waals surface area (Å²) in [5, 5.41) is 9.13. The fourth-order valence-corrected chi connectivity index (χ4v) is 2.43. The van der Waals surface area contributed by atoms with Crippen molar-refractivity contribution in [2.24, 2.45) is 0 Å². The Morgan fingerprint density at radius 2 is 1.84 bits per heavy atom. The second kappa shape index (κ2) is 8.83. The smallest absolute Gasteiger partial charge is 0.151 e. The van der Waals surface area contributed by atoms with Crippen LogP contribution in [-0.4, -0.2) is 41.5 Å². The first kappa shape index (κ1) is 15.9. The molecule has 19 heavy (non-hydrogen) atoms. The van der Waals surface area contributed by atoms with E-state index >= 15 is 0 Å². The minimum atomic E-state index is 0.106. The lowest BCUT2D eigenvalue weighted by atomic mass is 10.1. The van der Waals surface area contributed by atoms with Gasteiger partial charge in [0.05, 0.1) is 13.2 Å². The molecule has 0 atom stereocenters. The lowest BCUT2D eigenvalue weighted by molar-refractivity contribution is -0.120. The molecule has 0 amide bonds. The van der Waals surface area contributed by atoms with E-state index in [2.05, 4.69) is 18.7 Å². The van der Waals surface area contributed by atoms with Gasteiger partial charge in [-0.15, -0.1) is 0 Å². The molecule has 3 heteroatoms. The van der Waals surface area contributed by atoms with E-state index in [1.54, 1.807) is 0 Å². The van der Waals surface area contributed by atoms with Crippen LogP contribution in [0.25, 0.3) is 0 Å². The van der Waals surface area contributed by atoms with Crippen molar-refractivity contribution in [2.75, 3.05) is 19.7 Å². The van der Waals surface area contributed by atoms with E-state index in [1.807, 2.05) is 30.3 Å². The second-order valence-corrected chi connectivity index (χ2v) is 4.87. The third kappa shape index (κ3) is 5.53. The monoisotopic (exact) mass is 263 g/mol. The van der Waals surface area contributed by atoms with Crippen molar-refractivity contribution >= 4 is 5.78 Å². The number of aliphatic hydroxyl groups is 1. The number of aliphatic hydroxyl groups excluding tert-OH is 1. The first-order valence-electron chi connectivity index (χ1n) is 7.11. The second-order valence-electron chi connectivity index (χ2n) is 4.87. The van der Waals surface area contributed by atoms with E-state index in [0.29, 0.717) is 25.6 Å². The Morgan fingerprint density at radius 1 is 1.21 bits per heavy atom. The van der Waals surface area contributed by atoms with Gasteiger partial charge in [-0.3, -0.25) is 9.69 Å². The Kier molecular flexibility index (Phi) is 7.38. The average molecular weight is 263 g/mol. The first-order valence-corrected chi connectivity index (χ1v) is 7.11. The van der Waals surface area contributed by atoms with Gasteiger partial charge in [0.2, 0.25) is 0 Å². The summed E-state index contributed by atoms with van der Waals surface area (Å²) in [5.41, 5.74) is 1.06. The van der Waals surface area contributed by atoms with Crippen LogP contribution in [0, 0.1) is 0 Å². The summed E-state index contributed by atoms with van der Waals surface area (Å²) >= 11 is 0. The number of benzene rings is 1. The van der Waals surface area contributed by atoms with Crippen LogP contribution in [0.5, 0.6) is 0 Å². The van der Waals surface area contributed by atoms with Crippen LogP contribution in [0.15, 0.2) is 30.3 Å². The number of Topliss-reactive ketones (excluding diaryl/α,β-unsaturated/α-hetero) is 1. The van der Waals surface area contributed by atoms with Gasteiger partial charge in [0.25, 0.3) is 0 Å². The molecule has 0 bridgehead atoms. The van der Waals surface area contributed by atoms with Gasteiger partial charge in [0.15, 0.2) is 5.78 Å². The summed E-state index contributed by atoms with van der Waals surface area (Å²) in [6.45, 7) is 5.37. The number of hydrogen-bond acceptors (Lipinski definition) is 3. The molecule has 3 nitrogen and oxygen atoms in total. The molecule has 0 heterocycles. The Morgan fingerprint density at radius 3 is 2.37 bits per heavy atom. The van der Waals surface area contributed by atoms with E-state index in [9.17, 15) is 4.79 Å². The highest BCUT2D eigenvalue weighted by atomic mass is 16.3. The molecule has 1 N–H and O–H groups in total. The molecule has 0 unspecified atom stereocenters. The summed E-state index contributed by atoms with van der Waals surface area (Å²) in [6.07, 6.45) is 2.49. The molecule has 0 radical (unpaired) electrons. The van der Waals surface area contributed by atoms with E-state index in [0.717, 1.165) is 18.4 Å². The van der Waals surface area contributed by atoms with Crippen molar-refractivity contribution in [3.8, 4) is 0 Å². The van der Waals surface area contributed by atoms with Crippen molar-refractivity contribution < 1.29 is 9.90 Å². The van der Waals surface area contributed by atoms with E-state index < -0.39 is 0 Å². The normalized spacial score (nSPS) is 11.2. The average Bonchev–Trinajstić information content (AvgIpc) is 2.41. The molecule has 0 aliphatic heterocycles. The van der Waals surface area contributed by atoms with Gasteiger partial charge in [-0.1, -0.05) is 44.2 Å². The third-order valence-corrected chi connectivity index (χ3v) is 3.47. The number of carbonyl (C=O) groups excluding carboxylic acids is 1. The van der Waals surface area contributed by atoms with Crippen LogP contribution in [0.4, 0.5) is 0 Å². The topological polar surface area (TPSA) is 40.5 Å². The predicted molar refractivity (Wildman–Crippen MR) is 78.2 cm³/mol. The Balaban J connectivity index is 2.56. The molecule has 0 saturated heterocycles. The standard InChI is InChI=1S/C16H25NO2/c1-3-15(4-2)17(10-11-18)13-16(19)12-14-8-6-5-7-9-14/h5-9,15,18H,3-4,10-13H2,1-2H3. The molecule has 1 aromatic rings.